The maximum Gasteiger partial charge on any atom is 0.123 e. The summed E-state index contributed by atoms with van der Waals surface area (Å²) < 4.78 is 12.9. The molecule has 0 saturated heterocycles. The smallest absolute Gasteiger partial charge is 0.123 e. The average Bonchev–Trinajstić information content (AvgIpc) is 2.27. The molecule has 0 fully saturated rings. The molecule has 0 bridgehead atoms. The van der Waals surface area contributed by atoms with Gasteiger partial charge in [0.15, 0.2) is 0 Å². The van der Waals surface area contributed by atoms with Crippen molar-refractivity contribution in [1.29, 1.82) is 0 Å². The Morgan fingerprint density at radius 1 is 1.44 bits per heavy atom. The van der Waals surface area contributed by atoms with E-state index in [1.54, 1.807) is 6.07 Å². The highest BCUT2D eigenvalue weighted by Crippen LogP contribution is 2.15. The molecule has 0 radical (unpaired) electrons. The molecule has 3 heteroatoms. The molecule has 1 rings (SSSR count). The summed E-state index contributed by atoms with van der Waals surface area (Å²) >= 11 is 5.92. The van der Waals surface area contributed by atoms with Gasteiger partial charge in [0.25, 0.3) is 0 Å². The maximum atomic E-state index is 12.9. The Kier molecular flexibility index (Phi) is 4.75. The lowest BCUT2D eigenvalue weighted by Crippen LogP contribution is -2.43. The van der Waals surface area contributed by atoms with Gasteiger partial charge in [-0.1, -0.05) is 13.0 Å². The Balaban J connectivity index is 2.67. The van der Waals surface area contributed by atoms with Gasteiger partial charge in [-0.2, -0.15) is 0 Å². The molecule has 1 unspecified atom stereocenters. The average molecular weight is 244 g/mol. The fourth-order valence-corrected chi connectivity index (χ4v) is 1.72. The summed E-state index contributed by atoms with van der Waals surface area (Å²) in [4.78, 5) is 0. The van der Waals surface area contributed by atoms with E-state index in [2.05, 4.69) is 19.2 Å². The molecular formula is C13H19ClFN. The number of hydrogen-bond donors (Lipinski definition) is 1. The second-order valence-electron chi connectivity index (χ2n) is 4.47. The first kappa shape index (κ1) is 13.5. The molecule has 0 spiro atoms. The molecule has 16 heavy (non-hydrogen) atoms. The van der Waals surface area contributed by atoms with Gasteiger partial charge in [-0.25, -0.2) is 4.39 Å². The van der Waals surface area contributed by atoms with Gasteiger partial charge < -0.3 is 5.32 Å². The second kappa shape index (κ2) is 5.65. The first-order valence-corrected chi connectivity index (χ1v) is 6.10. The molecule has 0 heterocycles. The molecule has 0 aliphatic rings. The third kappa shape index (κ3) is 3.46. The number of rotatable bonds is 5. The summed E-state index contributed by atoms with van der Waals surface area (Å²) in [6.07, 6.45) is 0.969. The number of aryl methyl sites for hydroxylation is 1. The molecular weight excluding hydrogens is 225 g/mol. The van der Waals surface area contributed by atoms with Gasteiger partial charge in [0.2, 0.25) is 0 Å². The van der Waals surface area contributed by atoms with Crippen LogP contribution in [-0.4, -0.2) is 11.4 Å². The maximum absolute atomic E-state index is 12.9. The molecule has 0 saturated carbocycles. The second-order valence-corrected chi connectivity index (χ2v) is 4.74. The summed E-state index contributed by atoms with van der Waals surface area (Å²) in [5.74, 6) is 0.390. The monoisotopic (exact) mass is 243 g/mol. The molecule has 0 aliphatic carbocycles. The number of benzene rings is 1. The van der Waals surface area contributed by atoms with Crippen molar-refractivity contribution in [2.75, 3.05) is 5.88 Å². The Bertz CT molecular complexity index is 348. The van der Waals surface area contributed by atoms with Crippen LogP contribution in [-0.2, 0) is 6.54 Å². The van der Waals surface area contributed by atoms with Crippen LogP contribution in [0.15, 0.2) is 18.2 Å². The van der Waals surface area contributed by atoms with Crippen molar-refractivity contribution in [2.24, 2.45) is 0 Å². The van der Waals surface area contributed by atoms with Crippen LogP contribution in [0.2, 0.25) is 0 Å². The predicted molar refractivity (Wildman–Crippen MR) is 67.4 cm³/mol. The summed E-state index contributed by atoms with van der Waals surface area (Å²) in [5.41, 5.74) is 2.04. The van der Waals surface area contributed by atoms with E-state index in [1.807, 2.05) is 13.0 Å². The highest BCUT2D eigenvalue weighted by atomic mass is 35.5. The van der Waals surface area contributed by atoms with Crippen LogP contribution >= 0.6 is 11.6 Å². The first-order valence-electron chi connectivity index (χ1n) is 5.57. The van der Waals surface area contributed by atoms with E-state index in [0.717, 1.165) is 24.1 Å². The summed E-state index contributed by atoms with van der Waals surface area (Å²) in [6, 6.07) is 4.87. The van der Waals surface area contributed by atoms with Crippen LogP contribution in [0.25, 0.3) is 0 Å². The number of alkyl halides is 1. The van der Waals surface area contributed by atoms with Gasteiger partial charge in [-0.3, -0.25) is 0 Å². The van der Waals surface area contributed by atoms with Crippen LogP contribution in [0.1, 0.15) is 31.4 Å². The fraction of sp³-hybridized carbons (Fsp3) is 0.538. The van der Waals surface area contributed by atoms with Gasteiger partial charge >= 0.3 is 0 Å². The Morgan fingerprint density at radius 3 is 2.62 bits per heavy atom. The van der Waals surface area contributed by atoms with Crippen LogP contribution in [0.3, 0.4) is 0 Å². The molecule has 1 N–H and O–H groups in total. The van der Waals surface area contributed by atoms with E-state index in [4.69, 9.17) is 11.6 Å². The molecule has 90 valence electrons. The highest BCUT2D eigenvalue weighted by molar-refractivity contribution is 6.18. The molecule has 0 aliphatic heterocycles. The molecule has 1 nitrogen and oxygen atoms in total. The van der Waals surface area contributed by atoms with Crippen molar-refractivity contribution in [2.45, 2.75) is 39.3 Å². The summed E-state index contributed by atoms with van der Waals surface area (Å²) in [6.45, 7) is 6.85. The van der Waals surface area contributed by atoms with Gasteiger partial charge in [-0.05, 0) is 43.5 Å². The first-order chi connectivity index (χ1) is 7.50. The fourth-order valence-electron chi connectivity index (χ4n) is 1.43. The zero-order valence-electron chi connectivity index (χ0n) is 10.1. The third-order valence-corrected chi connectivity index (χ3v) is 3.68. The minimum Gasteiger partial charge on any atom is -0.306 e. The Hall–Kier alpha value is -0.600. The normalized spacial score (nSPS) is 14.8. The Morgan fingerprint density at radius 2 is 2.12 bits per heavy atom. The van der Waals surface area contributed by atoms with Gasteiger partial charge in [0.1, 0.15) is 5.82 Å². The van der Waals surface area contributed by atoms with Crippen LogP contribution in [0.5, 0.6) is 0 Å². The van der Waals surface area contributed by atoms with Gasteiger partial charge in [0.05, 0.1) is 0 Å². The molecule has 1 atom stereocenters. The number of hydrogen-bond acceptors (Lipinski definition) is 1. The lowest BCUT2D eigenvalue weighted by Gasteiger charge is -2.27. The van der Waals surface area contributed by atoms with Crippen molar-refractivity contribution < 1.29 is 4.39 Å². The van der Waals surface area contributed by atoms with Crippen LogP contribution < -0.4 is 5.32 Å². The molecule has 0 amide bonds. The van der Waals surface area contributed by atoms with E-state index in [9.17, 15) is 4.39 Å². The topological polar surface area (TPSA) is 12.0 Å². The van der Waals surface area contributed by atoms with E-state index >= 15 is 0 Å². The standard InChI is InChI=1S/C13H19ClFN/c1-4-13(3,9-14)16-8-11-5-6-12(15)7-10(11)2/h5-7,16H,4,8-9H2,1-3H3. The van der Waals surface area contributed by atoms with E-state index in [-0.39, 0.29) is 11.4 Å². The van der Waals surface area contributed by atoms with Crippen LogP contribution in [0.4, 0.5) is 4.39 Å². The minimum atomic E-state index is -0.183. The van der Waals surface area contributed by atoms with E-state index in [1.165, 1.54) is 6.07 Å². The SMILES string of the molecule is CCC(C)(CCl)NCc1ccc(F)cc1C. The Labute approximate surface area is 102 Å². The van der Waals surface area contributed by atoms with Crippen LogP contribution in [0, 0.1) is 12.7 Å². The molecule has 0 aromatic heterocycles. The summed E-state index contributed by atoms with van der Waals surface area (Å²) in [5, 5.41) is 3.42. The van der Waals surface area contributed by atoms with Crippen molar-refractivity contribution in [3.63, 3.8) is 0 Å². The third-order valence-electron chi connectivity index (χ3n) is 3.09. The molecule has 1 aromatic carbocycles. The highest BCUT2D eigenvalue weighted by Gasteiger charge is 2.19. The quantitative estimate of drug-likeness (QED) is 0.779. The van der Waals surface area contributed by atoms with Gasteiger partial charge in [0, 0.05) is 18.0 Å². The lowest BCUT2D eigenvalue weighted by atomic mass is 10.0. The zero-order chi connectivity index (χ0) is 12.2. The summed E-state index contributed by atoms with van der Waals surface area (Å²) in [7, 11) is 0. The minimum absolute atomic E-state index is 0.0532. The number of halogens is 2. The lowest BCUT2D eigenvalue weighted by molar-refractivity contribution is 0.379. The predicted octanol–water partition coefficient (Wildman–Crippen LogP) is 3.63. The van der Waals surface area contributed by atoms with Gasteiger partial charge in [-0.15, -0.1) is 11.6 Å². The number of nitrogens with one attached hydrogen (secondary N) is 1. The van der Waals surface area contributed by atoms with Crippen molar-refractivity contribution in [3.05, 3.63) is 35.1 Å². The van der Waals surface area contributed by atoms with E-state index in [0.29, 0.717) is 5.88 Å². The molecule has 1 aromatic rings. The van der Waals surface area contributed by atoms with Crippen molar-refractivity contribution in [3.8, 4) is 0 Å². The zero-order valence-corrected chi connectivity index (χ0v) is 10.9. The largest absolute Gasteiger partial charge is 0.306 e. The van der Waals surface area contributed by atoms with E-state index < -0.39 is 0 Å². The van der Waals surface area contributed by atoms with Crippen molar-refractivity contribution >= 4 is 11.6 Å². The van der Waals surface area contributed by atoms with Crippen molar-refractivity contribution in [1.82, 2.24) is 5.32 Å².